The number of rotatable bonds is 5. The highest BCUT2D eigenvalue weighted by molar-refractivity contribution is 6.03. The van der Waals surface area contributed by atoms with Gasteiger partial charge in [-0.25, -0.2) is 0 Å². The Labute approximate surface area is 113 Å². The maximum absolute atomic E-state index is 9.75. The molecule has 1 unspecified atom stereocenters. The maximum atomic E-state index is 9.75. The van der Waals surface area contributed by atoms with Crippen LogP contribution in [0.3, 0.4) is 0 Å². The average molecular weight is 255 g/mol. The molecule has 0 heterocycles. The second-order valence-electron chi connectivity index (χ2n) is 4.28. The van der Waals surface area contributed by atoms with Crippen molar-refractivity contribution in [3.8, 4) is 0 Å². The van der Waals surface area contributed by atoms with Crippen molar-refractivity contribution in [2.45, 2.75) is 19.6 Å². The summed E-state index contributed by atoms with van der Waals surface area (Å²) in [5, 5.41) is 13.8. The standard InChI is InChI=1S/C16H17NO2/c1-13(18)16(15-10-6-3-7-11-15)17-19-12-14-8-4-2-5-9-14/h2-11,13,18H,12H2,1H3/b17-16-. The summed E-state index contributed by atoms with van der Waals surface area (Å²) >= 11 is 0. The van der Waals surface area contributed by atoms with Crippen LogP contribution in [0.4, 0.5) is 0 Å². The van der Waals surface area contributed by atoms with Crippen molar-refractivity contribution >= 4 is 5.71 Å². The number of nitrogens with zero attached hydrogens (tertiary/aromatic N) is 1. The van der Waals surface area contributed by atoms with Gasteiger partial charge in [-0.3, -0.25) is 0 Å². The Morgan fingerprint density at radius 1 is 1.05 bits per heavy atom. The summed E-state index contributed by atoms with van der Waals surface area (Å²) in [7, 11) is 0. The molecule has 0 spiro atoms. The van der Waals surface area contributed by atoms with Gasteiger partial charge in [-0.05, 0) is 12.5 Å². The van der Waals surface area contributed by atoms with Gasteiger partial charge in [0.15, 0.2) is 0 Å². The molecule has 2 aromatic rings. The fourth-order valence-electron chi connectivity index (χ4n) is 1.73. The summed E-state index contributed by atoms with van der Waals surface area (Å²) in [6.07, 6.45) is -0.668. The lowest BCUT2D eigenvalue weighted by Crippen LogP contribution is -2.18. The van der Waals surface area contributed by atoms with E-state index in [0.29, 0.717) is 12.3 Å². The highest BCUT2D eigenvalue weighted by atomic mass is 16.6. The Hall–Kier alpha value is -2.13. The first-order chi connectivity index (χ1) is 9.27. The molecule has 0 fully saturated rings. The van der Waals surface area contributed by atoms with Crippen molar-refractivity contribution in [1.82, 2.24) is 0 Å². The summed E-state index contributed by atoms with van der Waals surface area (Å²) in [6, 6.07) is 19.3. The van der Waals surface area contributed by atoms with Gasteiger partial charge in [0.1, 0.15) is 12.3 Å². The Morgan fingerprint density at radius 3 is 2.21 bits per heavy atom. The third-order valence-electron chi connectivity index (χ3n) is 2.70. The van der Waals surface area contributed by atoms with Crippen molar-refractivity contribution in [2.75, 3.05) is 0 Å². The van der Waals surface area contributed by atoms with Crippen molar-refractivity contribution in [3.05, 3.63) is 71.8 Å². The summed E-state index contributed by atoms with van der Waals surface area (Å²) < 4.78 is 0. The van der Waals surface area contributed by atoms with E-state index in [4.69, 9.17) is 4.84 Å². The minimum Gasteiger partial charge on any atom is -0.391 e. The Morgan fingerprint density at radius 2 is 1.63 bits per heavy atom. The first-order valence-electron chi connectivity index (χ1n) is 6.24. The molecule has 1 atom stereocenters. The second-order valence-corrected chi connectivity index (χ2v) is 4.28. The van der Waals surface area contributed by atoms with E-state index < -0.39 is 6.10 Å². The average Bonchev–Trinajstić information content (AvgIpc) is 2.45. The summed E-state index contributed by atoms with van der Waals surface area (Å²) in [4.78, 5) is 5.33. The van der Waals surface area contributed by atoms with Crippen molar-refractivity contribution in [3.63, 3.8) is 0 Å². The number of aliphatic hydroxyl groups is 1. The molecule has 19 heavy (non-hydrogen) atoms. The number of hydrogen-bond donors (Lipinski definition) is 1. The van der Waals surface area contributed by atoms with Crippen LogP contribution in [-0.4, -0.2) is 16.9 Å². The molecule has 0 radical (unpaired) electrons. The zero-order valence-electron chi connectivity index (χ0n) is 10.9. The van der Waals surface area contributed by atoms with Crippen LogP contribution in [0, 0.1) is 0 Å². The van der Waals surface area contributed by atoms with Crippen molar-refractivity contribution in [2.24, 2.45) is 5.16 Å². The number of oxime groups is 1. The molecule has 0 saturated carbocycles. The lowest BCUT2D eigenvalue weighted by atomic mass is 10.1. The van der Waals surface area contributed by atoms with E-state index in [0.717, 1.165) is 11.1 Å². The lowest BCUT2D eigenvalue weighted by Gasteiger charge is -2.09. The fraction of sp³-hybridized carbons (Fsp3) is 0.188. The van der Waals surface area contributed by atoms with Crippen LogP contribution in [0.15, 0.2) is 65.8 Å². The molecule has 0 aliphatic heterocycles. The monoisotopic (exact) mass is 255 g/mol. The molecule has 2 rings (SSSR count). The lowest BCUT2D eigenvalue weighted by molar-refractivity contribution is 0.126. The van der Waals surface area contributed by atoms with Crippen LogP contribution in [0.2, 0.25) is 0 Å². The summed E-state index contributed by atoms with van der Waals surface area (Å²) in [5.41, 5.74) is 2.45. The predicted molar refractivity (Wildman–Crippen MR) is 75.9 cm³/mol. The van der Waals surface area contributed by atoms with Gasteiger partial charge in [-0.1, -0.05) is 65.8 Å². The van der Waals surface area contributed by atoms with E-state index in [1.54, 1.807) is 6.92 Å². The Balaban J connectivity index is 2.06. The summed E-state index contributed by atoms with van der Waals surface area (Å²) in [6.45, 7) is 2.07. The smallest absolute Gasteiger partial charge is 0.142 e. The molecule has 98 valence electrons. The Bertz CT molecular complexity index is 521. The van der Waals surface area contributed by atoms with Gasteiger partial charge in [0.05, 0.1) is 6.10 Å². The minimum atomic E-state index is -0.668. The molecule has 0 aliphatic rings. The predicted octanol–water partition coefficient (Wildman–Crippen LogP) is 2.99. The Kier molecular flexibility index (Phi) is 4.70. The van der Waals surface area contributed by atoms with Gasteiger partial charge in [0.2, 0.25) is 0 Å². The van der Waals surface area contributed by atoms with Crippen LogP contribution < -0.4 is 0 Å². The van der Waals surface area contributed by atoms with Crippen LogP contribution in [0.1, 0.15) is 18.1 Å². The summed E-state index contributed by atoms with van der Waals surface area (Å²) in [5.74, 6) is 0. The van der Waals surface area contributed by atoms with E-state index in [2.05, 4.69) is 5.16 Å². The number of benzene rings is 2. The van der Waals surface area contributed by atoms with E-state index in [-0.39, 0.29) is 0 Å². The molecular weight excluding hydrogens is 238 g/mol. The van der Waals surface area contributed by atoms with E-state index in [1.807, 2.05) is 60.7 Å². The van der Waals surface area contributed by atoms with Crippen LogP contribution >= 0.6 is 0 Å². The van der Waals surface area contributed by atoms with Crippen LogP contribution in [0.5, 0.6) is 0 Å². The van der Waals surface area contributed by atoms with E-state index >= 15 is 0 Å². The van der Waals surface area contributed by atoms with Gasteiger partial charge in [-0.2, -0.15) is 0 Å². The van der Waals surface area contributed by atoms with Crippen LogP contribution in [0.25, 0.3) is 0 Å². The largest absolute Gasteiger partial charge is 0.391 e. The first kappa shape index (κ1) is 13.3. The van der Waals surface area contributed by atoms with Gasteiger partial charge in [-0.15, -0.1) is 0 Å². The van der Waals surface area contributed by atoms with Gasteiger partial charge < -0.3 is 9.94 Å². The molecule has 0 bridgehead atoms. The number of aliphatic hydroxyl groups excluding tert-OH is 1. The molecule has 0 saturated heterocycles. The normalized spacial score (nSPS) is 13.1. The topological polar surface area (TPSA) is 41.8 Å². The SMILES string of the molecule is CC(O)/C(=N/OCc1ccccc1)c1ccccc1. The third kappa shape index (κ3) is 3.93. The molecule has 2 aromatic carbocycles. The molecular formula is C16H17NO2. The zero-order valence-corrected chi connectivity index (χ0v) is 10.9. The van der Waals surface area contributed by atoms with Crippen LogP contribution in [-0.2, 0) is 11.4 Å². The molecule has 0 aliphatic carbocycles. The molecule has 1 N–H and O–H groups in total. The quantitative estimate of drug-likeness (QED) is 0.659. The maximum Gasteiger partial charge on any atom is 0.142 e. The third-order valence-corrected chi connectivity index (χ3v) is 2.70. The zero-order chi connectivity index (χ0) is 13.5. The highest BCUT2D eigenvalue weighted by Crippen LogP contribution is 2.07. The van der Waals surface area contributed by atoms with Gasteiger partial charge in [0, 0.05) is 5.56 Å². The number of hydrogen-bond acceptors (Lipinski definition) is 3. The van der Waals surface area contributed by atoms with Gasteiger partial charge in [0.25, 0.3) is 0 Å². The molecule has 3 nitrogen and oxygen atoms in total. The van der Waals surface area contributed by atoms with E-state index in [9.17, 15) is 5.11 Å². The highest BCUT2D eigenvalue weighted by Gasteiger charge is 2.10. The van der Waals surface area contributed by atoms with E-state index in [1.165, 1.54) is 0 Å². The molecule has 0 amide bonds. The van der Waals surface area contributed by atoms with Crippen molar-refractivity contribution < 1.29 is 9.94 Å². The molecule has 0 aromatic heterocycles. The van der Waals surface area contributed by atoms with Gasteiger partial charge >= 0.3 is 0 Å². The minimum absolute atomic E-state index is 0.393. The second kappa shape index (κ2) is 6.71. The first-order valence-corrected chi connectivity index (χ1v) is 6.24. The fourth-order valence-corrected chi connectivity index (χ4v) is 1.73. The van der Waals surface area contributed by atoms with Crippen molar-refractivity contribution in [1.29, 1.82) is 0 Å². The molecule has 3 heteroatoms.